The topological polar surface area (TPSA) is 35.2 Å². The van der Waals surface area contributed by atoms with Crippen molar-refractivity contribution in [2.24, 2.45) is 0 Å². The number of alkyl halides is 3. The zero-order valence-electron chi connectivity index (χ0n) is 9.84. The number of rotatable bonds is 2. The molecule has 7 heteroatoms. The number of hydrogen-bond donors (Lipinski definition) is 1. The first-order valence-corrected chi connectivity index (χ1v) is 5.37. The lowest BCUT2D eigenvalue weighted by atomic mass is 10.2. The van der Waals surface area contributed by atoms with Gasteiger partial charge in [0.15, 0.2) is 11.6 Å². The predicted octanol–water partition coefficient (Wildman–Crippen LogP) is 4.36. The maximum absolute atomic E-state index is 13.4. The summed E-state index contributed by atoms with van der Waals surface area (Å²) in [5.74, 6) is -2.26. The van der Waals surface area contributed by atoms with E-state index in [0.717, 1.165) is 24.3 Å². The molecule has 0 spiro atoms. The van der Waals surface area contributed by atoms with E-state index < -0.39 is 23.4 Å². The summed E-state index contributed by atoms with van der Waals surface area (Å²) >= 11 is 0. The normalized spacial score (nSPS) is 11.4. The molecule has 2 nitrogen and oxygen atoms in total. The fourth-order valence-electron chi connectivity index (χ4n) is 1.49. The van der Waals surface area contributed by atoms with Gasteiger partial charge in [-0.1, -0.05) is 0 Å². The van der Waals surface area contributed by atoms with Crippen molar-refractivity contribution in [1.29, 1.82) is 0 Å². The van der Waals surface area contributed by atoms with Gasteiger partial charge in [0.05, 0.1) is 11.3 Å². The van der Waals surface area contributed by atoms with Crippen LogP contribution in [0, 0.1) is 11.6 Å². The second-order valence-electron chi connectivity index (χ2n) is 3.93. The van der Waals surface area contributed by atoms with Crippen LogP contribution in [0.1, 0.15) is 5.56 Å². The number of nitrogens with two attached hydrogens (primary N) is 1. The second-order valence-corrected chi connectivity index (χ2v) is 3.93. The van der Waals surface area contributed by atoms with Crippen LogP contribution < -0.4 is 10.5 Å². The first-order chi connectivity index (χ1) is 9.27. The van der Waals surface area contributed by atoms with E-state index in [9.17, 15) is 22.0 Å². The van der Waals surface area contributed by atoms with E-state index in [0.29, 0.717) is 12.1 Å². The van der Waals surface area contributed by atoms with Gasteiger partial charge in [0.1, 0.15) is 11.6 Å². The Balaban J connectivity index is 2.30. The lowest BCUT2D eigenvalue weighted by molar-refractivity contribution is -0.137. The van der Waals surface area contributed by atoms with Gasteiger partial charge >= 0.3 is 6.18 Å². The minimum absolute atomic E-state index is 0.150. The lowest BCUT2D eigenvalue weighted by Crippen LogP contribution is -2.06. The van der Waals surface area contributed by atoms with Crippen molar-refractivity contribution in [3.63, 3.8) is 0 Å². The number of anilines is 1. The van der Waals surface area contributed by atoms with Crippen LogP contribution in [0.4, 0.5) is 27.6 Å². The smallest absolute Gasteiger partial charge is 0.416 e. The third-order valence-corrected chi connectivity index (χ3v) is 2.45. The van der Waals surface area contributed by atoms with Gasteiger partial charge in [-0.2, -0.15) is 13.2 Å². The summed E-state index contributed by atoms with van der Waals surface area (Å²) in [6, 6.07) is 4.97. The fraction of sp³-hybridized carbons (Fsp3) is 0.0769. The molecule has 0 amide bonds. The fourth-order valence-corrected chi connectivity index (χ4v) is 1.49. The molecule has 2 aromatic carbocycles. The van der Waals surface area contributed by atoms with Gasteiger partial charge in [-0.25, -0.2) is 8.78 Å². The number of benzene rings is 2. The molecule has 0 atom stereocenters. The summed E-state index contributed by atoms with van der Waals surface area (Å²) in [6.45, 7) is 0. The molecule has 0 heterocycles. The largest absolute Gasteiger partial charge is 0.452 e. The van der Waals surface area contributed by atoms with Crippen LogP contribution >= 0.6 is 0 Å². The van der Waals surface area contributed by atoms with Crippen LogP contribution in [0.15, 0.2) is 36.4 Å². The van der Waals surface area contributed by atoms with Crippen LogP contribution in [0.5, 0.6) is 11.5 Å². The number of halogens is 5. The minimum atomic E-state index is -4.53. The highest BCUT2D eigenvalue weighted by Crippen LogP contribution is 2.35. The summed E-state index contributed by atoms with van der Waals surface area (Å²) < 4.78 is 68.4. The van der Waals surface area contributed by atoms with E-state index in [2.05, 4.69) is 0 Å². The van der Waals surface area contributed by atoms with Gasteiger partial charge in [-0.05, 0) is 30.3 Å². The van der Waals surface area contributed by atoms with Crippen LogP contribution in [0.3, 0.4) is 0 Å². The molecule has 106 valence electrons. The van der Waals surface area contributed by atoms with Crippen molar-refractivity contribution in [1.82, 2.24) is 0 Å². The van der Waals surface area contributed by atoms with Gasteiger partial charge in [0.2, 0.25) is 0 Å². The molecule has 0 unspecified atom stereocenters. The molecule has 2 aromatic rings. The van der Waals surface area contributed by atoms with Gasteiger partial charge in [0, 0.05) is 6.07 Å². The quantitative estimate of drug-likeness (QED) is 0.658. The highest BCUT2D eigenvalue weighted by molar-refractivity contribution is 5.56. The zero-order chi connectivity index (χ0) is 14.9. The van der Waals surface area contributed by atoms with Crippen molar-refractivity contribution in [2.75, 3.05) is 5.73 Å². The summed E-state index contributed by atoms with van der Waals surface area (Å²) in [5.41, 5.74) is 4.18. The molecule has 0 aliphatic rings. The first-order valence-electron chi connectivity index (χ1n) is 5.37. The molecular weight excluding hydrogens is 281 g/mol. The van der Waals surface area contributed by atoms with E-state index in [4.69, 9.17) is 10.5 Å². The monoisotopic (exact) mass is 289 g/mol. The molecular formula is C13H8F5NO. The molecule has 0 saturated carbocycles. The van der Waals surface area contributed by atoms with E-state index in [-0.39, 0.29) is 17.2 Å². The van der Waals surface area contributed by atoms with Crippen molar-refractivity contribution in [3.8, 4) is 11.5 Å². The van der Waals surface area contributed by atoms with Crippen molar-refractivity contribution >= 4 is 5.69 Å². The van der Waals surface area contributed by atoms with Gasteiger partial charge in [-0.15, -0.1) is 0 Å². The zero-order valence-corrected chi connectivity index (χ0v) is 9.84. The van der Waals surface area contributed by atoms with E-state index in [1.54, 1.807) is 0 Å². The highest BCUT2D eigenvalue weighted by atomic mass is 19.4. The Morgan fingerprint density at radius 1 is 0.900 bits per heavy atom. The molecule has 2 N–H and O–H groups in total. The Hall–Kier alpha value is -2.31. The lowest BCUT2D eigenvalue weighted by Gasteiger charge is -2.12. The Kier molecular flexibility index (Phi) is 3.52. The summed E-state index contributed by atoms with van der Waals surface area (Å²) in [6.07, 6.45) is -4.53. The van der Waals surface area contributed by atoms with E-state index >= 15 is 0 Å². The maximum Gasteiger partial charge on any atom is 0.416 e. The average molecular weight is 289 g/mol. The van der Waals surface area contributed by atoms with E-state index in [1.165, 1.54) is 0 Å². The second kappa shape index (κ2) is 4.99. The average Bonchev–Trinajstić information content (AvgIpc) is 2.33. The van der Waals surface area contributed by atoms with Crippen LogP contribution in [0.2, 0.25) is 0 Å². The van der Waals surface area contributed by atoms with E-state index in [1.807, 2.05) is 0 Å². The summed E-state index contributed by atoms with van der Waals surface area (Å²) in [5, 5.41) is 0. The van der Waals surface area contributed by atoms with Crippen molar-refractivity contribution < 1.29 is 26.7 Å². The molecule has 0 fully saturated rings. The number of ether oxygens (including phenoxy) is 1. The van der Waals surface area contributed by atoms with Crippen molar-refractivity contribution in [3.05, 3.63) is 53.6 Å². The van der Waals surface area contributed by atoms with Crippen LogP contribution in [0.25, 0.3) is 0 Å². The third kappa shape index (κ3) is 2.98. The Morgan fingerprint density at radius 3 is 2.10 bits per heavy atom. The molecule has 20 heavy (non-hydrogen) atoms. The van der Waals surface area contributed by atoms with Crippen LogP contribution in [-0.4, -0.2) is 0 Å². The molecule has 0 aliphatic carbocycles. The van der Waals surface area contributed by atoms with Gasteiger partial charge < -0.3 is 10.5 Å². The first kappa shape index (κ1) is 14.1. The minimum Gasteiger partial charge on any atom is -0.452 e. The number of hydrogen-bond acceptors (Lipinski definition) is 2. The SMILES string of the molecule is Nc1cc(C(F)(F)F)ccc1Oc1ccc(F)cc1F. The van der Waals surface area contributed by atoms with Crippen LogP contribution in [-0.2, 0) is 6.18 Å². The Morgan fingerprint density at radius 2 is 1.55 bits per heavy atom. The number of nitrogen functional groups attached to an aromatic ring is 1. The highest BCUT2D eigenvalue weighted by Gasteiger charge is 2.31. The van der Waals surface area contributed by atoms with Gasteiger partial charge in [-0.3, -0.25) is 0 Å². The standard InChI is InChI=1S/C13H8F5NO/c14-8-2-4-11(9(15)6-8)20-12-3-1-7(5-10(12)19)13(16,17)18/h1-6H,19H2. The molecule has 0 bridgehead atoms. The Labute approximate surface area is 110 Å². The predicted molar refractivity (Wildman–Crippen MR) is 62.3 cm³/mol. The maximum atomic E-state index is 13.4. The Bertz CT molecular complexity index is 639. The molecule has 0 saturated heterocycles. The van der Waals surface area contributed by atoms with Crippen molar-refractivity contribution in [2.45, 2.75) is 6.18 Å². The summed E-state index contributed by atoms with van der Waals surface area (Å²) in [7, 11) is 0. The third-order valence-electron chi connectivity index (χ3n) is 2.45. The molecule has 0 aliphatic heterocycles. The summed E-state index contributed by atoms with van der Waals surface area (Å²) in [4.78, 5) is 0. The van der Waals surface area contributed by atoms with Gasteiger partial charge in [0.25, 0.3) is 0 Å². The molecule has 0 radical (unpaired) electrons. The molecule has 0 aromatic heterocycles. The molecule has 2 rings (SSSR count).